The minimum atomic E-state index is -0.974. The third-order valence-electron chi connectivity index (χ3n) is 4.80. The first-order valence-corrected chi connectivity index (χ1v) is 8.35. The van der Waals surface area contributed by atoms with E-state index in [4.69, 9.17) is 4.42 Å². The predicted octanol–water partition coefficient (Wildman–Crippen LogP) is 3.09. The Morgan fingerprint density at radius 3 is 2.76 bits per heavy atom. The van der Waals surface area contributed by atoms with Crippen molar-refractivity contribution in [3.05, 3.63) is 52.7 Å². The van der Waals surface area contributed by atoms with Gasteiger partial charge in [-0.2, -0.15) is 0 Å². The van der Waals surface area contributed by atoms with Crippen molar-refractivity contribution in [2.45, 2.75) is 44.2 Å². The molecule has 132 valence electrons. The molecule has 1 N–H and O–H groups in total. The van der Waals surface area contributed by atoms with Crippen LogP contribution in [0.1, 0.15) is 58.9 Å². The van der Waals surface area contributed by atoms with Gasteiger partial charge in [0.25, 0.3) is 5.91 Å². The molecule has 4 rings (SSSR count). The highest BCUT2D eigenvalue weighted by Gasteiger charge is 2.39. The SMILES string of the molecule is Cc1nc(C2CC2)oc1C(=O)N1CC(O)CC1c1ccc(F)c(F)c1. The Morgan fingerprint density at radius 1 is 1.32 bits per heavy atom. The van der Waals surface area contributed by atoms with Crippen molar-refractivity contribution in [1.82, 2.24) is 9.88 Å². The lowest BCUT2D eigenvalue weighted by Crippen LogP contribution is -2.32. The third kappa shape index (κ3) is 2.93. The van der Waals surface area contributed by atoms with Gasteiger partial charge in [0.05, 0.1) is 17.8 Å². The number of carbonyl (C=O) groups excluding carboxylic acids is 1. The Labute approximate surface area is 143 Å². The summed E-state index contributed by atoms with van der Waals surface area (Å²) in [5.74, 6) is -1.29. The molecule has 0 radical (unpaired) electrons. The van der Waals surface area contributed by atoms with Gasteiger partial charge in [0.2, 0.25) is 5.76 Å². The first-order valence-electron chi connectivity index (χ1n) is 8.35. The fraction of sp³-hybridized carbons (Fsp3) is 0.444. The Balaban J connectivity index is 1.64. The summed E-state index contributed by atoms with van der Waals surface area (Å²) in [7, 11) is 0. The van der Waals surface area contributed by atoms with Gasteiger partial charge in [-0.25, -0.2) is 13.8 Å². The van der Waals surface area contributed by atoms with Crippen LogP contribution in [0, 0.1) is 18.6 Å². The largest absolute Gasteiger partial charge is 0.435 e. The molecule has 1 aliphatic heterocycles. The second kappa shape index (κ2) is 5.91. The molecule has 1 saturated carbocycles. The number of aryl methyl sites for hydroxylation is 1. The lowest BCUT2D eigenvalue weighted by atomic mass is 10.0. The minimum Gasteiger partial charge on any atom is -0.435 e. The molecule has 1 aliphatic carbocycles. The van der Waals surface area contributed by atoms with Crippen LogP contribution in [0.5, 0.6) is 0 Å². The molecule has 1 amide bonds. The molecule has 2 aromatic rings. The van der Waals surface area contributed by atoms with Crippen LogP contribution in [0.25, 0.3) is 0 Å². The number of hydrogen-bond acceptors (Lipinski definition) is 4. The number of likely N-dealkylation sites (tertiary alicyclic amines) is 1. The van der Waals surface area contributed by atoms with Gasteiger partial charge < -0.3 is 14.4 Å². The van der Waals surface area contributed by atoms with Crippen LogP contribution in [-0.2, 0) is 0 Å². The molecule has 5 nitrogen and oxygen atoms in total. The molecule has 1 aromatic carbocycles. The van der Waals surface area contributed by atoms with E-state index in [1.807, 2.05) is 0 Å². The molecule has 7 heteroatoms. The van der Waals surface area contributed by atoms with Gasteiger partial charge >= 0.3 is 0 Å². The lowest BCUT2D eigenvalue weighted by molar-refractivity contribution is 0.0680. The topological polar surface area (TPSA) is 66.6 Å². The van der Waals surface area contributed by atoms with Crippen molar-refractivity contribution >= 4 is 5.91 Å². The van der Waals surface area contributed by atoms with Crippen molar-refractivity contribution in [1.29, 1.82) is 0 Å². The van der Waals surface area contributed by atoms with Crippen molar-refractivity contribution in [3.63, 3.8) is 0 Å². The molecule has 1 aromatic heterocycles. The summed E-state index contributed by atoms with van der Waals surface area (Å²) in [5, 5.41) is 10.0. The minimum absolute atomic E-state index is 0.112. The highest BCUT2D eigenvalue weighted by Crippen LogP contribution is 2.41. The molecule has 0 spiro atoms. The summed E-state index contributed by atoms with van der Waals surface area (Å²) in [5.41, 5.74) is 0.959. The van der Waals surface area contributed by atoms with Crippen LogP contribution in [-0.4, -0.2) is 33.5 Å². The van der Waals surface area contributed by atoms with Crippen molar-refractivity contribution in [3.8, 4) is 0 Å². The van der Waals surface area contributed by atoms with E-state index in [1.165, 1.54) is 11.0 Å². The maximum Gasteiger partial charge on any atom is 0.292 e. The Hall–Kier alpha value is -2.28. The number of amides is 1. The van der Waals surface area contributed by atoms with Gasteiger partial charge in [0, 0.05) is 12.5 Å². The second-order valence-corrected chi connectivity index (χ2v) is 6.78. The second-order valence-electron chi connectivity index (χ2n) is 6.78. The van der Waals surface area contributed by atoms with E-state index in [0.717, 1.165) is 25.0 Å². The normalized spacial score (nSPS) is 23.3. The smallest absolute Gasteiger partial charge is 0.292 e. The number of aliphatic hydroxyl groups is 1. The number of carbonyl (C=O) groups is 1. The molecule has 1 saturated heterocycles. The van der Waals surface area contributed by atoms with Gasteiger partial charge in [0.15, 0.2) is 17.5 Å². The Kier molecular flexibility index (Phi) is 3.83. The highest BCUT2D eigenvalue weighted by molar-refractivity contribution is 5.93. The van der Waals surface area contributed by atoms with Gasteiger partial charge in [-0.15, -0.1) is 0 Å². The molecule has 25 heavy (non-hydrogen) atoms. The van der Waals surface area contributed by atoms with Gasteiger partial charge in [-0.1, -0.05) is 6.07 Å². The van der Waals surface area contributed by atoms with Crippen molar-refractivity contribution in [2.75, 3.05) is 6.54 Å². The molecular formula is C18H18F2N2O3. The van der Waals surface area contributed by atoms with E-state index >= 15 is 0 Å². The number of aromatic nitrogens is 1. The fourth-order valence-electron chi connectivity index (χ4n) is 3.32. The zero-order chi connectivity index (χ0) is 17.7. The first-order chi connectivity index (χ1) is 11.9. The Bertz CT molecular complexity index is 832. The number of rotatable bonds is 3. The van der Waals surface area contributed by atoms with Crippen molar-refractivity contribution in [2.24, 2.45) is 0 Å². The first kappa shape index (κ1) is 16.2. The molecule has 2 unspecified atom stereocenters. The average Bonchev–Trinajstić information content (AvgIpc) is 3.25. The van der Waals surface area contributed by atoms with Crippen LogP contribution in [0.3, 0.4) is 0 Å². The summed E-state index contributed by atoms with van der Waals surface area (Å²) in [6, 6.07) is 3.00. The van der Waals surface area contributed by atoms with Gasteiger partial charge in [-0.05, 0) is 43.9 Å². The van der Waals surface area contributed by atoms with Crippen LogP contribution < -0.4 is 0 Å². The van der Waals surface area contributed by atoms with Crippen molar-refractivity contribution < 1.29 is 23.1 Å². The average molecular weight is 348 g/mol. The number of hydrogen-bond donors (Lipinski definition) is 1. The molecule has 0 bridgehead atoms. The summed E-state index contributed by atoms with van der Waals surface area (Å²) in [4.78, 5) is 18.7. The van der Waals surface area contributed by atoms with E-state index in [1.54, 1.807) is 6.92 Å². The van der Waals surface area contributed by atoms with Crippen LogP contribution in [0.4, 0.5) is 8.78 Å². The molecule has 2 atom stereocenters. The summed E-state index contributed by atoms with van der Waals surface area (Å²) < 4.78 is 32.4. The van der Waals surface area contributed by atoms with Gasteiger partial charge in [-0.3, -0.25) is 4.79 Å². The third-order valence-corrected chi connectivity index (χ3v) is 4.80. The summed E-state index contributed by atoms with van der Waals surface area (Å²) in [6.07, 6.45) is 1.55. The Morgan fingerprint density at radius 2 is 2.08 bits per heavy atom. The predicted molar refractivity (Wildman–Crippen MR) is 84.0 cm³/mol. The number of aliphatic hydroxyl groups excluding tert-OH is 1. The van der Waals surface area contributed by atoms with E-state index in [2.05, 4.69) is 4.98 Å². The number of halogens is 2. The number of oxazole rings is 1. The standard InChI is InChI=1S/C18H18F2N2O3/c1-9-16(25-17(21-9)10-2-3-10)18(24)22-8-12(23)7-15(22)11-4-5-13(19)14(20)6-11/h4-6,10,12,15,23H,2-3,7-8H2,1H3. The fourth-order valence-corrected chi connectivity index (χ4v) is 3.32. The summed E-state index contributed by atoms with van der Waals surface area (Å²) >= 11 is 0. The van der Waals surface area contributed by atoms with Gasteiger partial charge in [0.1, 0.15) is 0 Å². The molecule has 2 aliphatic rings. The van der Waals surface area contributed by atoms with Crippen LogP contribution >= 0.6 is 0 Å². The van der Waals surface area contributed by atoms with E-state index < -0.39 is 23.8 Å². The lowest BCUT2D eigenvalue weighted by Gasteiger charge is -2.24. The zero-order valence-corrected chi connectivity index (χ0v) is 13.7. The van der Waals surface area contributed by atoms with E-state index in [9.17, 15) is 18.7 Å². The highest BCUT2D eigenvalue weighted by atomic mass is 19.2. The van der Waals surface area contributed by atoms with Crippen LogP contribution in [0.15, 0.2) is 22.6 Å². The van der Waals surface area contributed by atoms with Crippen LogP contribution in [0.2, 0.25) is 0 Å². The number of β-amino-alcohol motifs (C(OH)–C–C–N with tert-alkyl or cyclic N) is 1. The zero-order valence-electron chi connectivity index (χ0n) is 13.7. The van der Waals surface area contributed by atoms with E-state index in [0.29, 0.717) is 17.1 Å². The quantitative estimate of drug-likeness (QED) is 0.926. The monoisotopic (exact) mass is 348 g/mol. The van der Waals surface area contributed by atoms with E-state index in [-0.39, 0.29) is 30.6 Å². The molecule has 2 heterocycles. The molecule has 2 fully saturated rings. The molecular weight excluding hydrogens is 330 g/mol. The number of nitrogens with zero attached hydrogens (tertiary/aromatic N) is 2. The maximum atomic E-state index is 13.6. The number of benzene rings is 1. The summed E-state index contributed by atoms with van der Waals surface area (Å²) in [6.45, 7) is 1.82. The maximum absolute atomic E-state index is 13.6.